The molecule has 1 saturated heterocycles. The molecule has 1 aromatic heterocycles. The minimum Gasteiger partial charge on any atom is -0.379 e. The lowest BCUT2D eigenvalue weighted by atomic mass is 10.0. The van der Waals surface area contributed by atoms with Crippen LogP contribution < -0.4 is 5.32 Å². The summed E-state index contributed by atoms with van der Waals surface area (Å²) in [5.74, 6) is 0.977. The average Bonchev–Trinajstić information content (AvgIpc) is 3.14. The highest BCUT2D eigenvalue weighted by molar-refractivity contribution is 14.0. The summed E-state index contributed by atoms with van der Waals surface area (Å²) >= 11 is 0. The molecule has 1 unspecified atom stereocenters. The number of hydrogen-bond donors (Lipinski definition) is 1. The van der Waals surface area contributed by atoms with Crippen LogP contribution in [0.1, 0.15) is 49.6 Å². The van der Waals surface area contributed by atoms with Crippen molar-refractivity contribution < 1.29 is 9.13 Å². The number of guanidine groups is 1. The van der Waals surface area contributed by atoms with E-state index in [1.807, 2.05) is 24.8 Å². The molecule has 1 aliphatic rings. The Morgan fingerprint density at radius 2 is 2.03 bits per heavy atom. The van der Waals surface area contributed by atoms with E-state index >= 15 is 0 Å². The number of ether oxygens (including phenoxy) is 1. The highest BCUT2D eigenvalue weighted by atomic mass is 127. The number of benzene rings is 1. The average molecular weight is 573 g/mol. The number of aliphatic imine (C=N–C) groups is 1. The number of rotatable bonds is 8. The summed E-state index contributed by atoms with van der Waals surface area (Å²) in [6.07, 6.45) is 2.08. The lowest BCUT2D eigenvalue weighted by Gasteiger charge is -2.34. The highest BCUT2D eigenvalue weighted by Crippen LogP contribution is 2.24. The van der Waals surface area contributed by atoms with Gasteiger partial charge in [-0.25, -0.2) is 4.39 Å². The first-order chi connectivity index (χ1) is 15.4. The number of halogens is 2. The minimum absolute atomic E-state index is 0. The Balaban J connectivity index is 0.00000385. The fraction of sp³-hybridized carbons (Fsp3) is 0.583. The summed E-state index contributed by atoms with van der Waals surface area (Å²) in [5, 5.41) is 8.04. The lowest BCUT2D eigenvalue weighted by molar-refractivity contribution is 0.0179. The van der Waals surface area contributed by atoms with Crippen molar-refractivity contribution in [3.63, 3.8) is 0 Å². The van der Waals surface area contributed by atoms with Crippen LogP contribution in [0.2, 0.25) is 0 Å². The normalized spacial score (nSPS) is 15.9. The van der Waals surface area contributed by atoms with Crippen molar-refractivity contribution in [1.29, 1.82) is 0 Å². The topological polar surface area (TPSA) is 57.9 Å². The van der Waals surface area contributed by atoms with Crippen molar-refractivity contribution in [2.24, 2.45) is 12.0 Å². The third-order valence-corrected chi connectivity index (χ3v) is 5.72. The molecule has 1 N–H and O–H groups in total. The molecule has 1 atom stereocenters. The molecule has 0 radical (unpaired) electrons. The number of aromatic nitrogens is 2. The second-order valence-corrected chi connectivity index (χ2v) is 8.64. The molecule has 0 amide bonds. The molecule has 0 saturated carbocycles. The quantitative estimate of drug-likeness (QED) is 0.297. The van der Waals surface area contributed by atoms with Crippen LogP contribution in [-0.4, -0.2) is 72.0 Å². The summed E-state index contributed by atoms with van der Waals surface area (Å²) in [6, 6.07) is 6.87. The number of aryl methyl sites for hydroxylation is 1. The standard InChI is InChI=1S/C24H37FN6O.HI/c1-6-26-24(29(4)16-20-17-30(5)28-23(20)18(2)3)27-15-22(31-10-12-32-13-11-31)19-8-7-9-21(25)14-19;/h7-9,14,17-18,22H,6,10-13,15-16H2,1-5H3,(H,26,27);1H. The maximum absolute atomic E-state index is 14.0. The number of hydrogen-bond acceptors (Lipinski definition) is 4. The van der Waals surface area contributed by atoms with Gasteiger partial charge in [-0.1, -0.05) is 26.0 Å². The SMILES string of the molecule is CCNC(=NCC(c1cccc(F)c1)N1CCOCC1)N(C)Cc1cn(C)nc1C(C)C.I. The molecule has 1 aromatic carbocycles. The third kappa shape index (κ3) is 7.65. The fourth-order valence-electron chi connectivity index (χ4n) is 4.17. The predicted molar refractivity (Wildman–Crippen MR) is 142 cm³/mol. The monoisotopic (exact) mass is 572 g/mol. The van der Waals surface area contributed by atoms with Crippen molar-refractivity contribution >= 4 is 29.9 Å². The Kier molecular flexibility index (Phi) is 11.0. The van der Waals surface area contributed by atoms with Gasteiger partial charge in [-0.15, -0.1) is 24.0 Å². The van der Waals surface area contributed by atoms with E-state index in [2.05, 4.69) is 47.2 Å². The van der Waals surface area contributed by atoms with E-state index in [1.165, 1.54) is 11.6 Å². The molecule has 7 nitrogen and oxygen atoms in total. The van der Waals surface area contributed by atoms with Crippen LogP contribution >= 0.6 is 24.0 Å². The van der Waals surface area contributed by atoms with Gasteiger partial charge >= 0.3 is 0 Å². The van der Waals surface area contributed by atoms with Gasteiger partial charge in [-0.3, -0.25) is 14.6 Å². The van der Waals surface area contributed by atoms with E-state index in [4.69, 9.17) is 9.73 Å². The maximum Gasteiger partial charge on any atom is 0.194 e. The summed E-state index contributed by atoms with van der Waals surface area (Å²) in [7, 11) is 4.01. The molecule has 33 heavy (non-hydrogen) atoms. The van der Waals surface area contributed by atoms with Gasteiger partial charge in [0.15, 0.2) is 5.96 Å². The second-order valence-electron chi connectivity index (χ2n) is 8.64. The first kappa shape index (κ1) is 27.5. The maximum atomic E-state index is 14.0. The zero-order valence-electron chi connectivity index (χ0n) is 20.4. The smallest absolute Gasteiger partial charge is 0.194 e. The largest absolute Gasteiger partial charge is 0.379 e. The van der Waals surface area contributed by atoms with E-state index in [9.17, 15) is 4.39 Å². The van der Waals surface area contributed by atoms with Gasteiger partial charge in [0, 0.05) is 52.0 Å². The van der Waals surface area contributed by atoms with Crippen molar-refractivity contribution in [3.8, 4) is 0 Å². The van der Waals surface area contributed by atoms with Crippen molar-refractivity contribution in [3.05, 3.63) is 53.1 Å². The molecule has 1 fully saturated rings. The Morgan fingerprint density at radius 3 is 2.67 bits per heavy atom. The van der Waals surface area contributed by atoms with E-state index in [-0.39, 0.29) is 35.8 Å². The molecule has 2 heterocycles. The molecule has 0 spiro atoms. The fourth-order valence-corrected chi connectivity index (χ4v) is 4.17. The molecule has 9 heteroatoms. The zero-order chi connectivity index (χ0) is 23.1. The van der Waals surface area contributed by atoms with Crippen LogP contribution in [0.25, 0.3) is 0 Å². The molecular formula is C24H38FIN6O. The summed E-state index contributed by atoms with van der Waals surface area (Å²) in [5.41, 5.74) is 3.26. The van der Waals surface area contributed by atoms with Crippen LogP contribution in [0.3, 0.4) is 0 Å². The molecule has 3 rings (SSSR count). The second kappa shape index (κ2) is 13.2. The van der Waals surface area contributed by atoms with Gasteiger partial charge in [-0.05, 0) is 30.5 Å². The van der Waals surface area contributed by atoms with Crippen LogP contribution in [0, 0.1) is 5.82 Å². The molecule has 0 aliphatic carbocycles. The van der Waals surface area contributed by atoms with Crippen molar-refractivity contribution in [2.45, 2.75) is 39.3 Å². The van der Waals surface area contributed by atoms with Gasteiger partial charge in [0.25, 0.3) is 0 Å². The van der Waals surface area contributed by atoms with Crippen LogP contribution in [0.4, 0.5) is 4.39 Å². The summed E-state index contributed by atoms with van der Waals surface area (Å²) in [6.45, 7) is 11.4. The predicted octanol–water partition coefficient (Wildman–Crippen LogP) is 3.77. The molecule has 0 bridgehead atoms. The highest BCUT2D eigenvalue weighted by Gasteiger charge is 2.23. The van der Waals surface area contributed by atoms with Crippen molar-refractivity contribution in [1.82, 2.24) is 24.9 Å². The number of nitrogens with one attached hydrogen (secondary N) is 1. The van der Waals surface area contributed by atoms with Gasteiger partial charge in [0.05, 0.1) is 31.5 Å². The Labute approximate surface area is 214 Å². The molecule has 184 valence electrons. The first-order valence-corrected chi connectivity index (χ1v) is 11.5. The van der Waals surface area contributed by atoms with E-state index in [1.54, 1.807) is 12.1 Å². The molecular weight excluding hydrogens is 534 g/mol. The van der Waals surface area contributed by atoms with E-state index < -0.39 is 0 Å². The number of nitrogens with zero attached hydrogens (tertiary/aromatic N) is 5. The first-order valence-electron chi connectivity index (χ1n) is 11.5. The van der Waals surface area contributed by atoms with Crippen LogP contribution in [-0.2, 0) is 18.3 Å². The van der Waals surface area contributed by atoms with Crippen LogP contribution in [0.5, 0.6) is 0 Å². The van der Waals surface area contributed by atoms with Gasteiger partial charge in [0.2, 0.25) is 0 Å². The molecule has 1 aliphatic heterocycles. The van der Waals surface area contributed by atoms with Gasteiger partial charge < -0.3 is 15.0 Å². The Morgan fingerprint density at radius 1 is 1.30 bits per heavy atom. The zero-order valence-corrected chi connectivity index (χ0v) is 22.8. The summed E-state index contributed by atoms with van der Waals surface area (Å²) < 4.78 is 21.4. The van der Waals surface area contributed by atoms with Crippen LogP contribution in [0.15, 0.2) is 35.5 Å². The van der Waals surface area contributed by atoms with E-state index in [0.29, 0.717) is 25.7 Å². The lowest BCUT2D eigenvalue weighted by Crippen LogP contribution is -2.42. The molecule has 2 aromatic rings. The van der Waals surface area contributed by atoms with Gasteiger partial charge in [-0.2, -0.15) is 5.10 Å². The Bertz CT molecular complexity index is 897. The number of morpholine rings is 1. The Hall–Kier alpha value is -1.72. The van der Waals surface area contributed by atoms with Gasteiger partial charge in [0.1, 0.15) is 5.82 Å². The minimum atomic E-state index is -0.216. The third-order valence-electron chi connectivity index (χ3n) is 5.72. The summed E-state index contributed by atoms with van der Waals surface area (Å²) in [4.78, 5) is 9.44. The van der Waals surface area contributed by atoms with E-state index in [0.717, 1.165) is 43.4 Å². The van der Waals surface area contributed by atoms with Crippen molar-refractivity contribution in [2.75, 3.05) is 46.4 Å².